The number of aliphatic carboxylic acids is 1. The van der Waals surface area contributed by atoms with E-state index in [-0.39, 0.29) is 6.42 Å². The van der Waals surface area contributed by atoms with E-state index in [2.05, 4.69) is 0 Å². The summed E-state index contributed by atoms with van der Waals surface area (Å²) in [6, 6.07) is 0. The van der Waals surface area contributed by atoms with Crippen molar-refractivity contribution in [2.45, 2.75) is 75.2 Å². The maximum atomic E-state index is 13.5. The molecule has 0 aliphatic rings. The lowest BCUT2D eigenvalue weighted by molar-refractivity contribution is -0.175. The summed E-state index contributed by atoms with van der Waals surface area (Å²) >= 11 is 0. The topological polar surface area (TPSA) is 178 Å². The van der Waals surface area contributed by atoms with Crippen LogP contribution in [0.15, 0.2) is 0 Å². The van der Waals surface area contributed by atoms with E-state index in [4.69, 9.17) is 33.1 Å². The summed E-state index contributed by atoms with van der Waals surface area (Å²) in [5, 5.41) is 9.07. The molecule has 0 rings (SSSR count). The first kappa shape index (κ1) is 35.5. The standard InChI is InChI=1S/C24H41O13P/c1-22(2,3)19(28)33-13-32-18(27)16(10-11-17(25)26)12-38(31,36-14-34-20(29)23(4,5)6)37-15-35-21(30)24(7,8)9/h16H,10-15H2,1-9H3,(H,25,26). The zero-order valence-electron chi connectivity index (χ0n) is 23.6. The minimum atomic E-state index is -4.34. The van der Waals surface area contributed by atoms with Gasteiger partial charge in [-0.1, -0.05) is 0 Å². The number of hydrogen-bond acceptors (Lipinski definition) is 12. The summed E-state index contributed by atoms with van der Waals surface area (Å²) in [4.78, 5) is 59.8. The highest BCUT2D eigenvalue weighted by Crippen LogP contribution is 2.50. The summed E-state index contributed by atoms with van der Waals surface area (Å²) in [5.74, 6) is -5.61. The van der Waals surface area contributed by atoms with Crippen LogP contribution >= 0.6 is 7.60 Å². The lowest BCUT2D eigenvalue weighted by Crippen LogP contribution is -2.28. The molecule has 0 aromatic rings. The highest BCUT2D eigenvalue weighted by atomic mass is 31.2. The Morgan fingerprint density at radius 1 is 0.658 bits per heavy atom. The Balaban J connectivity index is 5.62. The fourth-order valence-corrected chi connectivity index (χ4v) is 3.81. The summed E-state index contributed by atoms with van der Waals surface area (Å²) in [7, 11) is -4.34. The number of carbonyl (C=O) groups is 5. The molecule has 14 heteroatoms. The zero-order valence-corrected chi connectivity index (χ0v) is 24.5. The van der Waals surface area contributed by atoms with Crippen LogP contribution in [0.4, 0.5) is 0 Å². The molecule has 0 saturated carbocycles. The van der Waals surface area contributed by atoms with Gasteiger partial charge in [0.05, 0.1) is 28.3 Å². The van der Waals surface area contributed by atoms with E-state index in [1.54, 1.807) is 62.3 Å². The summed E-state index contributed by atoms with van der Waals surface area (Å²) < 4.78 is 43.6. The van der Waals surface area contributed by atoms with Crippen molar-refractivity contribution in [2.75, 3.05) is 26.5 Å². The number of esters is 4. The lowest BCUT2D eigenvalue weighted by Gasteiger charge is -2.24. The van der Waals surface area contributed by atoms with Gasteiger partial charge in [-0.05, 0) is 68.7 Å². The van der Waals surface area contributed by atoms with Crippen molar-refractivity contribution in [1.29, 1.82) is 0 Å². The number of carboxylic acids is 1. The van der Waals surface area contributed by atoms with Gasteiger partial charge >= 0.3 is 37.4 Å². The molecule has 0 radical (unpaired) electrons. The Kier molecular flexibility index (Phi) is 13.6. The quantitative estimate of drug-likeness (QED) is 0.138. The van der Waals surface area contributed by atoms with Crippen molar-refractivity contribution >= 4 is 37.4 Å². The largest absolute Gasteiger partial charge is 0.481 e. The number of hydrogen-bond donors (Lipinski definition) is 1. The van der Waals surface area contributed by atoms with E-state index < -0.39 is 92.6 Å². The van der Waals surface area contributed by atoms with Gasteiger partial charge in [0.2, 0.25) is 20.4 Å². The molecule has 0 fully saturated rings. The first-order valence-electron chi connectivity index (χ1n) is 11.9. The van der Waals surface area contributed by atoms with Gasteiger partial charge in [0.15, 0.2) is 0 Å². The van der Waals surface area contributed by atoms with Crippen LogP contribution in [0.2, 0.25) is 0 Å². The maximum absolute atomic E-state index is 13.5. The number of ether oxygens (including phenoxy) is 4. The monoisotopic (exact) mass is 568 g/mol. The fraction of sp³-hybridized carbons (Fsp3) is 0.792. The van der Waals surface area contributed by atoms with Crippen LogP contribution in [0, 0.1) is 22.2 Å². The van der Waals surface area contributed by atoms with E-state index in [1.165, 1.54) is 0 Å². The molecule has 0 aliphatic carbocycles. The van der Waals surface area contributed by atoms with Crippen LogP contribution in [-0.2, 0) is 56.5 Å². The summed E-state index contributed by atoms with van der Waals surface area (Å²) in [6.45, 7) is 11.9. The summed E-state index contributed by atoms with van der Waals surface area (Å²) in [5.41, 5.74) is -2.65. The van der Waals surface area contributed by atoms with Gasteiger partial charge in [0.1, 0.15) is 0 Å². The van der Waals surface area contributed by atoms with Gasteiger partial charge in [-0.25, -0.2) is 0 Å². The molecule has 0 bridgehead atoms. The third-order valence-corrected chi connectivity index (χ3v) is 6.48. The fourth-order valence-electron chi connectivity index (χ4n) is 2.22. The number of rotatable bonds is 14. The molecular weight excluding hydrogens is 527 g/mol. The molecule has 1 N–H and O–H groups in total. The third kappa shape index (κ3) is 14.4. The van der Waals surface area contributed by atoms with Gasteiger partial charge in [-0.15, -0.1) is 0 Å². The third-order valence-electron chi connectivity index (χ3n) is 4.59. The molecule has 0 saturated heterocycles. The molecule has 0 aromatic carbocycles. The second kappa shape index (κ2) is 14.6. The van der Waals surface area contributed by atoms with Crippen molar-refractivity contribution < 1.29 is 61.6 Å². The van der Waals surface area contributed by atoms with E-state index in [0.29, 0.717) is 0 Å². The summed E-state index contributed by atoms with van der Waals surface area (Å²) in [6.07, 6.45) is -1.53. The van der Waals surface area contributed by atoms with Gasteiger partial charge in [0.25, 0.3) is 0 Å². The van der Waals surface area contributed by atoms with Crippen LogP contribution in [0.5, 0.6) is 0 Å². The molecular formula is C24H41O13P. The SMILES string of the molecule is CC(C)(C)C(=O)OCOC(=O)C(CCC(=O)O)CP(=O)(OCOC(=O)C(C)(C)C)OCOC(=O)C(C)(C)C. The molecule has 0 aromatic heterocycles. The highest BCUT2D eigenvalue weighted by Gasteiger charge is 2.36. The van der Waals surface area contributed by atoms with Gasteiger partial charge < -0.3 is 24.1 Å². The van der Waals surface area contributed by atoms with Crippen LogP contribution in [-0.4, -0.2) is 61.5 Å². The van der Waals surface area contributed by atoms with Crippen molar-refractivity contribution in [2.24, 2.45) is 22.2 Å². The predicted molar refractivity (Wildman–Crippen MR) is 132 cm³/mol. The lowest BCUT2D eigenvalue weighted by atomic mass is 9.97. The van der Waals surface area contributed by atoms with E-state index >= 15 is 0 Å². The van der Waals surface area contributed by atoms with Gasteiger partial charge in [0, 0.05) is 6.42 Å². The van der Waals surface area contributed by atoms with Crippen molar-refractivity contribution in [3.63, 3.8) is 0 Å². The Morgan fingerprint density at radius 2 is 1.03 bits per heavy atom. The molecule has 0 spiro atoms. The Hall–Kier alpha value is -2.50. The average Bonchev–Trinajstić information content (AvgIpc) is 2.74. The highest BCUT2D eigenvalue weighted by molar-refractivity contribution is 7.53. The Morgan fingerprint density at radius 3 is 1.37 bits per heavy atom. The first-order chi connectivity index (χ1) is 17.1. The van der Waals surface area contributed by atoms with Gasteiger partial charge in [-0.2, -0.15) is 0 Å². The minimum absolute atomic E-state index is 0.332. The van der Waals surface area contributed by atoms with Crippen LogP contribution < -0.4 is 0 Å². The first-order valence-corrected chi connectivity index (χ1v) is 13.6. The smallest absolute Gasteiger partial charge is 0.337 e. The molecule has 13 nitrogen and oxygen atoms in total. The van der Waals surface area contributed by atoms with E-state index in [0.717, 1.165) is 0 Å². The molecule has 38 heavy (non-hydrogen) atoms. The molecule has 220 valence electrons. The van der Waals surface area contributed by atoms with E-state index in [9.17, 15) is 28.5 Å². The molecule has 1 atom stereocenters. The zero-order chi connectivity index (χ0) is 29.9. The molecule has 1 unspecified atom stereocenters. The van der Waals surface area contributed by atoms with Crippen molar-refractivity contribution in [3.05, 3.63) is 0 Å². The predicted octanol–water partition coefficient (Wildman–Crippen LogP) is 3.88. The van der Waals surface area contributed by atoms with Crippen molar-refractivity contribution in [1.82, 2.24) is 0 Å². The Bertz CT molecular complexity index is 854. The van der Waals surface area contributed by atoms with Crippen LogP contribution in [0.1, 0.15) is 75.2 Å². The molecule has 0 heterocycles. The average molecular weight is 569 g/mol. The van der Waals surface area contributed by atoms with Gasteiger partial charge in [-0.3, -0.25) is 37.6 Å². The normalized spacial score (nSPS) is 13.3. The second-order valence-electron chi connectivity index (χ2n) is 11.5. The molecule has 0 amide bonds. The maximum Gasteiger partial charge on any atom is 0.337 e. The Labute approximate surface area is 223 Å². The molecule has 0 aliphatic heterocycles. The number of carbonyl (C=O) groups excluding carboxylic acids is 4. The van der Waals surface area contributed by atoms with E-state index in [1.807, 2.05) is 0 Å². The second-order valence-corrected chi connectivity index (χ2v) is 13.6. The number of carboxylic acid groups (broad SMARTS) is 1. The minimum Gasteiger partial charge on any atom is -0.481 e. The van der Waals surface area contributed by atoms with Crippen molar-refractivity contribution in [3.8, 4) is 0 Å². The van der Waals surface area contributed by atoms with Crippen LogP contribution in [0.3, 0.4) is 0 Å². The van der Waals surface area contributed by atoms with Crippen LogP contribution in [0.25, 0.3) is 0 Å².